The van der Waals surface area contributed by atoms with E-state index in [1.54, 1.807) is 7.05 Å². The van der Waals surface area contributed by atoms with Gasteiger partial charge in [0.1, 0.15) is 6.54 Å². The third-order valence-corrected chi connectivity index (χ3v) is 1.76. The SMILES string of the molecule is CCCN(CC(=O)O)C(=O)CCNC. The first-order valence-corrected chi connectivity index (χ1v) is 4.76. The van der Waals surface area contributed by atoms with E-state index in [9.17, 15) is 9.59 Å². The Morgan fingerprint density at radius 1 is 1.43 bits per heavy atom. The summed E-state index contributed by atoms with van der Waals surface area (Å²) < 4.78 is 0. The van der Waals surface area contributed by atoms with Gasteiger partial charge in [-0.2, -0.15) is 0 Å². The fourth-order valence-electron chi connectivity index (χ4n) is 1.12. The highest BCUT2D eigenvalue weighted by atomic mass is 16.4. The molecule has 0 unspecified atom stereocenters. The van der Waals surface area contributed by atoms with Gasteiger partial charge >= 0.3 is 5.97 Å². The monoisotopic (exact) mass is 202 g/mol. The molecule has 0 radical (unpaired) electrons. The number of carboxylic acids is 1. The van der Waals surface area contributed by atoms with Crippen molar-refractivity contribution in [3.63, 3.8) is 0 Å². The summed E-state index contributed by atoms with van der Waals surface area (Å²) in [6.45, 7) is 2.81. The van der Waals surface area contributed by atoms with Gasteiger partial charge < -0.3 is 15.3 Å². The highest BCUT2D eigenvalue weighted by molar-refractivity contribution is 5.81. The molecule has 1 amide bonds. The molecule has 0 aromatic carbocycles. The molecular formula is C9H18N2O3. The van der Waals surface area contributed by atoms with Crippen LogP contribution in [0.3, 0.4) is 0 Å². The highest BCUT2D eigenvalue weighted by Gasteiger charge is 2.14. The van der Waals surface area contributed by atoms with E-state index in [0.717, 1.165) is 6.42 Å². The third kappa shape index (κ3) is 5.53. The van der Waals surface area contributed by atoms with E-state index >= 15 is 0 Å². The summed E-state index contributed by atoms with van der Waals surface area (Å²) in [6, 6.07) is 0. The summed E-state index contributed by atoms with van der Waals surface area (Å²) in [5.41, 5.74) is 0. The zero-order chi connectivity index (χ0) is 11.0. The zero-order valence-corrected chi connectivity index (χ0v) is 8.75. The van der Waals surface area contributed by atoms with Crippen molar-refractivity contribution in [2.24, 2.45) is 0 Å². The van der Waals surface area contributed by atoms with Crippen LogP contribution in [0.1, 0.15) is 19.8 Å². The number of carbonyl (C=O) groups is 2. The molecule has 0 spiro atoms. The summed E-state index contributed by atoms with van der Waals surface area (Å²) in [7, 11) is 1.76. The molecule has 0 saturated carbocycles. The Morgan fingerprint density at radius 3 is 2.50 bits per heavy atom. The lowest BCUT2D eigenvalue weighted by atomic mass is 10.3. The Labute approximate surface area is 84.1 Å². The van der Waals surface area contributed by atoms with E-state index in [-0.39, 0.29) is 12.5 Å². The van der Waals surface area contributed by atoms with Gasteiger partial charge in [-0.1, -0.05) is 6.92 Å². The van der Waals surface area contributed by atoms with E-state index in [1.165, 1.54) is 4.90 Å². The number of hydrogen-bond acceptors (Lipinski definition) is 3. The molecule has 0 rings (SSSR count). The molecule has 0 saturated heterocycles. The predicted octanol–water partition coefficient (Wildman–Crippen LogP) is -0.0809. The average Bonchev–Trinajstić information content (AvgIpc) is 2.13. The standard InChI is InChI=1S/C9H18N2O3/c1-3-6-11(7-9(13)14)8(12)4-5-10-2/h10H,3-7H2,1-2H3,(H,13,14). The molecular weight excluding hydrogens is 184 g/mol. The largest absolute Gasteiger partial charge is 0.480 e. The van der Waals surface area contributed by atoms with Crippen LogP contribution in [-0.2, 0) is 9.59 Å². The van der Waals surface area contributed by atoms with E-state index < -0.39 is 5.97 Å². The van der Waals surface area contributed by atoms with Gasteiger partial charge in [0.25, 0.3) is 0 Å². The first-order valence-electron chi connectivity index (χ1n) is 4.76. The lowest BCUT2D eigenvalue weighted by molar-refractivity contribution is -0.144. The second-order valence-corrected chi connectivity index (χ2v) is 3.06. The highest BCUT2D eigenvalue weighted by Crippen LogP contribution is 1.95. The average molecular weight is 202 g/mol. The van der Waals surface area contributed by atoms with Crippen LogP contribution in [0.2, 0.25) is 0 Å². The quantitative estimate of drug-likeness (QED) is 0.606. The van der Waals surface area contributed by atoms with Crippen molar-refractivity contribution in [2.75, 3.05) is 26.7 Å². The lowest BCUT2D eigenvalue weighted by Crippen LogP contribution is -2.37. The maximum atomic E-state index is 11.5. The van der Waals surface area contributed by atoms with Crippen molar-refractivity contribution >= 4 is 11.9 Å². The number of nitrogens with zero attached hydrogens (tertiary/aromatic N) is 1. The normalized spacial score (nSPS) is 9.86. The molecule has 0 fully saturated rings. The van der Waals surface area contributed by atoms with Gasteiger partial charge in [-0.15, -0.1) is 0 Å². The molecule has 0 aromatic heterocycles. The van der Waals surface area contributed by atoms with Crippen LogP contribution in [0, 0.1) is 0 Å². The van der Waals surface area contributed by atoms with Gasteiger partial charge in [0.15, 0.2) is 0 Å². The van der Waals surface area contributed by atoms with E-state index in [1.807, 2.05) is 6.92 Å². The van der Waals surface area contributed by atoms with Gasteiger partial charge in [-0.3, -0.25) is 9.59 Å². The topological polar surface area (TPSA) is 69.6 Å². The second-order valence-electron chi connectivity index (χ2n) is 3.06. The summed E-state index contributed by atoms with van der Waals surface area (Å²) in [6.07, 6.45) is 1.13. The predicted molar refractivity (Wildman–Crippen MR) is 53.1 cm³/mol. The molecule has 0 atom stereocenters. The van der Waals surface area contributed by atoms with Crippen molar-refractivity contribution in [1.82, 2.24) is 10.2 Å². The summed E-state index contributed by atoms with van der Waals surface area (Å²) in [5, 5.41) is 11.4. The van der Waals surface area contributed by atoms with Crippen molar-refractivity contribution in [1.29, 1.82) is 0 Å². The van der Waals surface area contributed by atoms with Crippen molar-refractivity contribution in [2.45, 2.75) is 19.8 Å². The number of carboxylic acid groups (broad SMARTS) is 1. The summed E-state index contributed by atoms with van der Waals surface area (Å²) >= 11 is 0. The van der Waals surface area contributed by atoms with Crippen LogP contribution in [0.5, 0.6) is 0 Å². The number of rotatable bonds is 7. The number of nitrogens with one attached hydrogen (secondary N) is 1. The first-order chi connectivity index (χ1) is 6.61. The Hall–Kier alpha value is -1.10. The molecule has 2 N–H and O–H groups in total. The first kappa shape index (κ1) is 12.9. The number of hydrogen-bond donors (Lipinski definition) is 2. The van der Waals surface area contributed by atoms with Crippen molar-refractivity contribution in [3.05, 3.63) is 0 Å². The van der Waals surface area contributed by atoms with Gasteiger partial charge in [0.2, 0.25) is 5.91 Å². The minimum absolute atomic E-state index is 0.108. The Morgan fingerprint density at radius 2 is 2.07 bits per heavy atom. The molecule has 0 bridgehead atoms. The van der Waals surface area contributed by atoms with E-state index in [4.69, 9.17) is 5.11 Å². The van der Waals surface area contributed by atoms with Gasteiger partial charge in [-0.25, -0.2) is 0 Å². The van der Waals surface area contributed by atoms with Crippen molar-refractivity contribution < 1.29 is 14.7 Å². The molecule has 0 aliphatic heterocycles. The third-order valence-electron chi connectivity index (χ3n) is 1.76. The summed E-state index contributed by atoms with van der Waals surface area (Å²) in [4.78, 5) is 23.3. The Bertz CT molecular complexity index is 194. The molecule has 0 aromatic rings. The molecule has 0 heterocycles. The molecule has 14 heavy (non-hydrogen) atoms. The van der Waals surface area contributed by atoms with Crippen molar-refractivity contribution in [3.8, 4) is 0 Å². The zero-order valence-electron chi connectivity index (χ0n) is 8.75. The van der Waals surface area contributed by atoms with Crippen LogP contribution in [-0.4, -0.2) is 48.6 Å². The lowest BCUT2D eigenvalue weighted by Gasteiger charge is -2.19. The number of aliphatic carboxylic acids is 1. The fourth-order valence-corrected chi connectivity index (χ4v) is 1.12. The molecule has 5 heteroatoms. The van der Waals surface area contributed by atoms with E-state index in [0.29, 0.717) is 19.5 Å². The Balaban J connectivity index is 4.03. The Kier molecular flexibility index (Phi) is 6.74. The molecule has 0 aliphatic carbocycles. The van der Waals surface area contributed by atoms with Crippen LogP contribution >= 0.6 is 0 Å². The van der Waals surface area contributed by atoms with Crippen LogP contribution in [0.15, 0.2) is 0 Å². The van der Waals surface area contributed by atoms with Gasteiger partial charge in [0, 0.05) is 19.5 Å². The van der Waals surface area contributed by atoms with Gasteiger partial charge in [-0.05, 0) is 13.5 Å². The minimum Gasteiger partial charge on any atom is -0.480 e. The molecule has 82 valence electrons. The number of amides is 1. The summed E-state index contributed by atoms with van der Waals surface area (Å²) in [5.74, 6) is -1.07. The molecule has 0 aliphatic rings. The van der Waals surface area contributed by atoms with Crippen LogP contribution < -0.4 is 5.32 Å². The van der Waals surface area contributed by atoms with Crippen LogP contribution in [0.4, 0.5) is 0 Å². The van der Waals surface area contributed by atoms with E-state index in [2.05, 4.69) is 5.32 Å². The van der Waals surface area contributed by atoms with Crippen LogP contribution in [0.25, 0.3) is 0 Å². The molecule has 5 nitrogen and oxygen atoms in total. The smallest absolute Gasteiger partial charge is 0.323 e. The maximum absolute atomic E-state index is 11.5. The van der Waals surface area contributed by atoms with Gasteiger partial charge in [0.05, 0.1) is 0 Å². The minimum atomic E-state index is -0.962. The second kappa shape index (κ2) is 7.32. The maximum Gasteiger partial charge on any atom is 0.323 e. The number of carbonyl (C=O) groups excluding carboxylic acids is 1. The fraction of sp³-hybridized carbons (Fsp3) is 0.778.